The molecule has 1 aromatic carbocycles. The molecule has 0 amide bonds. The molecule has 0 aliphatic rings. The highest BCUT2D eigenvalue weighted by Crippen LogP contribution is 2.20. The van der Waals surface area contributed by atoms with Gasteiger partial charge in [-0.05, 0) is 31.2 Å². The molecule has 1 N–H and O–H groups in total. The van der Waals surface area contributed by atoms with Crippen molar-refractivity contribution in [1.82, 2.24) is 20.6 Å². The number of benzene rings is 1. The topological polar surface area (TPSA) is 63.7 Å². The lowest BCUT2D eigenvalue weighted by molar-refractivity contribution is 0.216. The summed E-state index contributed by atoms with van der Waals surface area (Å²) >= 11 is 3.36. The lowest BCUT2D eigenvalue weighted by atomic mass is 10.3. The Morgan fingerprint density at radius 2 is 2.07 bits per heavy atom. The van der Waals surface area contributed by atoms with E-state index in [4.69, 9.17) is 4.74 Å². The first-order valence-corrected chi connectivity index (χ1v) is 5.20. The molecule has 0 radical (unpaired) electrons. The fraction of sp³-hybridized carbons (Fsp3) is 0.222. The summed E-state index contributed by atoms with van der Waals surface area (Å²) in [5.74, 6) is 1.31. The summed E-state index contributed by atoms with van der Waals surface area (Å²) in [5, 5.41) is 13.6. The Balaban J connectivity index is 2.06. The zero-order chi connectivity index (χ0) is 10.7. The maximum Gasteiger partial charge on any atom is 0.214 e. The molecule has 0 spiro atoms. The van der Waals surface area contributed by atoms with E-state index in [1.165, 1.54) is 0 Å². The molecule has 0 fully saturated rings. The SMILES string of the molecule is CC(Oc1ccc(Br)cc1)c1nn[nH]n1. The van der Waals surface area contributed by atoms with Crippen molar-refractivity contribution in [2.24, 2.45) is 0 Å². The van der Waals surface area contributed by atoms with E-state index in [9.17, 15) is 0 Å². The predicted molar refractivity (Wildman–Crippen MR) is 57.4 cm³/mol. The third kappa shape index (κ3) is 2.53. The molecule has 0 aliphatic heterocycles. The Hall–Kier alpha value is -1.43. The van der Waals surface area contributed by atoms with Crippen LogP contribution in [0.3, 0.4) is 0 Å². The molecule has 2 rings (SSSR count). The summed E-state index contributed by atoms with van der Waals surface area (Å²) in [6.45, 7) is 1.87. The second kappa shape index (κ2) is 4.39. The van der Waals surface area contributed by atoms with Crippen molar-refractivity contribution in [2.75, 3.05) is 0 Å². The van der Waals surface area contributed by atoms with Gasteiger partial charge >= 0.3 is 0 Å². The van der Waals surface area contributed by atoms with Crippen molar-refractivity contribution in [3.8, 4) is 5.75 Å². The largest absolute Gasteiger partial charge is 0.483 e. The number of aromatic nitrogens is 4. The van der Waals surface area contributed by atoms with Gasteiger partial charge in [-0.15, -0.1) is 10.2 Å². The zero-order valence-corrected chi connectivity index (χ0v) is 9.60. The number of nitrogens with zero attached hydrogens (tertiary/aromatic N) is 3. The summed E-state index contributed by atoms with van der Waals surface area (Å²) in [5.41, 5.74) is 0. The van der Waals surface area contributed by atoms with Crippen LogP contribution in [-0.4, -0.2) is 20.6 Å². The van der Waals surface area contributed by atoms with E-state index in [2.05, 4.69) is 36.6 Å². The molecule has 1 atom stereocenters. The van der Waals surface area contributed by atoms with Crippen molar-refractivity contribution in [2.45, 2.75) is 13.0 Å². The molecule has 0 aliphatic carbocycles. The number of nitrogens with one attached hydrogen (secondary N) is 1. The number of aromatic amines is 1. The molecular weight excluding hydrogens is 260 g/mol. The van der Waals surface area contributed by atoms with E-state index in [0.717, 1.165) is 10.2 Å². The first-order chi connectivity index (χ1) is 7.25. The molecule has 1 aromatic heterocycles. The summed E-state index contributed by atoms with van der Waals surface area (Å²) in [6, 6.07) is 7.58. The summed E-state index contributed by atoms with van der Waals surface area (Å²) in [6.07, 6.45) is -0.218. The smallest absolute Gasteiger partial charge is 0.214 e. The normalized spacial score (nSPS) is 12.4. The molecular formula is C9H9BrN4O. The van der Waals surface area contributed by atoms with Crippen LogP contribution in [0.4, 0.5) is 0 Å². The van der Waals surface area contributed by atoms with Gasteiger partial charge in [0.25, 0.3) is 0 Å². The maximum absolute atomic E-state index is 5.61. The second-order valence-electron chi connectivity index (χ2n) is 2.98. The summed E-state index contributed by atoms with van der Waals surface area (Å²) in [7, 11) is 0. The number of halogens is 1. The van der Waals surface area contributed by atoms with Gasteiger partial charge in [0.05, 0.1) is 0 Å². The van der Waals surface area contributed by atoms with Gasteiger partial charge < -0.3 is 4.74 Å². The highest BCUT2D eigenvalue weighted by molar-refractivity contribution is 9.10. The van der Waals surface area contributed by atoms with Crippen molar-refractivity contribution < 1.29 is 4.74 Å². The van der Waals surface area contributed by atoms with E-state index in [-0.39, 0.29) is 6.10 Å². The average molecular weight is 269 g/mol. The van der Waals surface area contributed by atoms with E-state index in [1.807, 2.05) is 31.2 Å². The average Bonchev–Trinajstić information content (AvgIpc) is 2.74. The van der Waals surface area contributed by atoms with Crippen molar-refractivity contribution in [1.29, 1.82) is 0 Å². The van der Waals surface area contributed by atoms with Gasteiger partial charge in [-0.3, -0.25) is 0 Å². The molecule has 2 aromatic rings. The van der Waals surface area contributed by atoms with Gasteiger partial charge in [0.1, 0.15) is 5.75 Å². The number of hydrogen-bond acceptors (Lipinski definition) is 4. The minimum atomic E-state index is -0.218. The summed E-state index contributed by atoms with van der Waals surface area (Å²) in [4.78, 5) is 0. The van der Waals surface area contributed by atoms with Crippen LogP contribution in [-0.2, 0) is 0 Å². The molecule has 6 heteroatoms. The lowest BCUT2D eigenvalue weighted by Crippen LogP contribution is -2.05. The van der Waals surface area contributed by atoms with Crippen molar-refractivity contribution >= 4 is 15.9 Å². The fourth-order valence-electron chi connectivity index (χ4n) is 1.11. The second-order valence-corrected chi connectivity index (χ2v) is 3.90. The highest BCUT2D eigenvalue weighted by atomic mass is 79.9. The zero-order valence-electron chi connectivity index (χ0n) is 8.01. The van der Waals surface area contributed by atoms with Gasteiger partial charge in [0, 0.05) is 4.47 Å². The Bertz CT molecular complexity index is 414. The van der Waals surface area contributed by atoms with Crippen LogP contribution in [0.25, 0.3) is 0 Å². The van der Waals surface area contributed by atoms with E-state index in [0.29, 0.717) is 5.82 Å². The van der Waals surface area contributed by atoms with Crippen LogP contribution in [0.5, 0.6) is 5.75 Å². The standard InChI is InChI=1S/C9H9BrN4O/c1-6(9-11-13-14-12-9)15-8-4-2-7(10)3-5-8/h2-6H,1H3,(H,11,12,13,14). The molecule has 0 saturated carbocycles. The van der Waals surface area contributed by atoms with Gasteiger partial charge in [-0.25, -0.2) is 0 Å². The van der Waals surface area contributed by atoms with Crippen LogP contribution >= 0.6 is 15.9 Å². The van der Waals surface area contributed by atoms with Crippen LogP contribution in [0.1, 0.15) is 18.9 Å². The van der Waals surface area contributed by atoms with E-state index < -0.39 is 0 Å². The maximum atomic E-state index is 5.61. The first-order valence-electron chi connectivity index (χ1n) is 4.41. The number of H-pyrrole nitrogens is 1. The predicted octanol–water partition coefficient (Wildman–Crippen LogP) is 2.10. The number of hydrogen-bond donors (Lipinski definition) is 1. The molecule has 1 heterocycles. The van der Waals surface area contributed by atoms with Crippen LogP contribution < -0.4 is 4.74 Å². The molecule has 5 nitrogen and oxygen atoms in total. The molecule has 1 unspecified atom stereocenters. The van der Waals surface area contributed by atoms with Gasteiger partial charge in [-0.1, -0.05) is 21.1 Å². The minimum absolute atomic E-state index is 0.218. The van der Waals surface area contributed by atoms with Crippen LogP contribution in [0.15, 0.2) is 28.7 Å². The number of rotatable bonds is 3. The molecule has 0 bridgehead atoms. The third-order valence-corrected chi connectivity index (χ3v) is 2.38. The fourth-order valence-corrected chi connectivity index (χ4v) is 1.38. The van der Waals surface area contributed by atoms with Crippen LogP contribution in [0, 0.1) is 0 Å². The first kappa shape index (κ1) is 10.1. The lowest BCUT2D eigenvalue weighted by Gasteiger charge is -2.10. The number of tetrazole rings is 1. The van der Waals surface area contributed by atoms with Crippen molar-refractivity contribution in [3.63, 3.8) is 0 Å². The van der Waals surface area contributed by atoms with E-state index >= 15 is 0 Å². The van der Waals surface area contributed by atoms with Crippen molar-refractivity contribution in [3.05, 3.63) is 34.6 Å². The Kier molecular flexibility index (Phi) is 2.96. The van der Waals surface area contributed by atoms with Crippen LogP contribution in [0.2, 0.25) is 0 Å². The van der Waals surface area contributed by atoms with E-state index in [1.54, 1.807) is 0 Å². The quantitative estimate of drug-likeness (QED) is 0.926. The highest BCUT2D eigenvalue weighted by Gasteiger charge is 2.11. The summed E-state index contributed by atoms with van der Waals surface area (Å²) < 4.78 is 6.62. The molecule has 0 saturated heterocycles. The minimum Gasteiger partial charge on any atom is -0.483 e. The third-order valence-electron chi connectivity index (χ3n) is 1.85. The monoisotopic (exact) mass is 268 g/mol. The molecule has 78 valence electrons. The van der Waals surface area contributed by atoms with Gasteiger partial charge in [0.2, 0.25) is 5.82 Å². The van der Waals surface area contributed by atoms with Gasteiger partial charge in [0.15, 0.2) is 6.10 Å². The molecule has 15 heavy (non-hydrogen) atoms. The van der Waals surface area contributed by atoms with Gasteiger partial charge in [-0.2, -0.15) is 5.21 Å². The Labute approximate surface area is 95.0 Å². The Morgan fingerprint density at radius 1 is 1.33 bits per heavy atom. The Morgan fingerprint density at radius 3 is 2.67 bits per heavy atom. The number of ether oxygens (including phenoxy) is 1.